The molecule has 2 N–H and O–H groups in total. The third-order valence-electron chi connectivity index (χ3n) is 3.60. The van der Waals surface area contributed by atoms with E-state index in [2.05, 4.69) is 10.2 Å². The summed E-state index contributed by atoms with van der Waals surface area (Å²) in [6.45, 7) is 5.96. The number of hydrogen-bond donors (Lipinski definition) is 2. The predicted octanol–water partition coefficient (Wildman–Crippen LogP) is 1.52. The third-order valence-corrected chi connectivity index (χ3v) is 3.60. The second kappa shape index (κ2) is 5.74. The fourth-order valence-corrected chi connectivity index (χ4v) is 2.61. The van der Waals surface area contributed by atoms with E-state index in [9.17, 15) is 9.90 Å². The lowest BCUT2D eigenvalue weighted by Gasteiger charge is -2.27. The number of fused-ring (bicyclic) bond motifs is 1. The lowest BCUT2D eigenvalue weighted by Crippen LogP contribution is -2.42. The monoisotopic (exact) mass is 265 g/mol. The summed E-state index contributed by atoms with van der Waals surface area (Å²) >= 11 is 0. The number of carbonyl (C=O) groups is 1. The molecule has 0 radical (unpaired) electrons. The van der Waals surface area contributed by atoms with Crippen LogP contribution in [0.2, 0.25) is 0 Å². The van der Waals surface area contributed by atoms with Gasteiger partial charge in [0, 0.05) is 23.8 Å². The first-order chi connectivity index (χ1) is 9.00. The molecule has 1 aliphatic rings. The van der Waals surface area contributed by atoms with E-state index in [0.717, 1.165) is 36.9 Å². The number of nitrogens with zero attached hydrogens (tertiary/aromatic N) is 2. The minimum atomic E-state index is -0.527. The highest BCUT2D eigenvalue weighted by Gasteiger charge is 2.27. The first-order valence-electron chi connectivity index (χ1n) is 7.05. The predicted molar refractivity (Wildman–Crippen MR) is 73.1 cm³/mol. The van der Waals surface area contributed by atoms with Crippen LogP contribution in [0.25, 0.3) is 0 Å². The highest BCUT2D eigenvalue weighted by molar-refractivity contribution is 5.94. The van der Waals surface area contributed by atoms with Gasteiger partial charge in [-0.2, -0.15) is 5.10 Å². The Labute approximate surface area is 114 Å². The fourth-order valence-electron chi connectivity index (χ4n) is 2.61. The first-order valence-corrected chi connectivity index (χ1v) is 7.05. The number of nitrogens with one attached hydrogen (secondary N) is 1. The van der Waals surface area contributed by atoms with Crippen LogP contribution in [0.1, 0.15) is 55.4 Å². The lowest BCUT2D eigenvalue weighted by atomic mass is 9.95. The van der Waals surface area contributed by atoms with Crippen molar-refractivity contribution in [3.8, 4) is 0 Å². The van der Waals surface area contributed by atoms with Crippen molar-refractivity contribution in [2.24, 2.45) is 0 Å². The van der Waals surface area contributed by atoms with E-state index in [1.165, 1.54) is 0 Å². The number of aliphatic hydroxyl groups is 1. The van der Waals surface area contributed by atoms with Crippen LogP contribution in [-0.4, -0.2) is 44.8 Å². The van der Waals surface area contributed by atoms with Gasteiger partial charge in [0.25, 0.3) is 5.91 Å². The second-order valence-corrected chi connectivity index (χ2v) is 5.64. The van der Waals surface area contributed by atoms with Crippen molar-refractivity contribution in [2.45, 2.75) is 58.6 Å². The molecule has 1 unspecified atom stereocenters. The average Bonchev–Trinajstić information content (AvgIpc) is 2.78. The van der Waals surface area contributed by atoms with Crippen LogP contribution in [-0.2, 0) is 12.8 Å². The molecule has 106 valence electrons. The van der Waals surface area contributed by atoms with Gasteiger partial charge in [-0.3, -0.25) is 9.89 Å². The molecule has 1 aliphatic carbocycles. The number of amides is 1. The summed E-state index contributed by atoms with van der Waals surface area (Å²) in [4.78, 5) is 14.3. The van der Waals surface area contributed by atoms with Crippen LogP contribution in [0.5, 0.6) is 0 Å². The van der Waals surface area contributed by atoms with Crippen molar-refractivity contribution in [2.75, 3.05) is 6.54 Å². The van der Waals surface area contributed by atoms with Crippen molar-refractivity contribution >= 4 is 5.91 Å². The lowest BCUT2D eigenvalue weighted by molar-refractivity contribution is 0.0572. The van der Waals surface area contributed by atoms with Crippen molar-refractivity contribution in [3.05, 3.63) is 17.0 Å². The zero-order valence-electron chi connectivity index (χ0n) is 11.9. The van der Waals surface area contributed by atoms with Gasteiger partial charge in [0.2, 0.25) is 0 Å². The van der Waals surface area contributed by atoms with Gasteiger partial charge in [-0.1, -0.05) is 0 Å². The summed E-state index contributed by atoms with van der Waals surface area (Å²) < 4.78 is 0. The SMILES string of the molecule is CC(O)CN(C(=O)c1n[nH]c2c1CCCC2)C(C)C. The maximum absolute atomic E-state index is 12.6. The number of hydrogen-bond acceptors (Lipinski definition) is 3. The molecule has 0 spiro atoms. The van der Waals surface area contributed by atoms with E-state index in [4.69, 9.17) is 0 Å². The van der Waals surface area contributed by atoms with E-state index >= 15 is 0 Å². The molecule has 0 aromatic carbocycles. The van der Waals surface area contributed by atoms with Crippen LogP contribution in [0, 0.1) is 0 Å². The molecule has 5 nitrogen and oxygen atoms in total. The smallest absolute Gasteiger partial charge is 0.274 e. The molecule has 19 heavy (non-hydrogen) atoms. The molecule has 0 bridgehead atoms. The number of aliphatic hydroxyl groups excluding tert-OH is 1. The third kappa shape index (κ3) is 2.97. The summed E-state index contributed by atoms with van der Waals surface area (Å²) in [6.07, 6.45) is 3.65. The summed E-state index contributed by atoms with van der Waals surface area (Å²) in [6, 6.07) is 0.0537. The van der Waals surface area contributed by atoms with Gasteiger partial charge in [-0.15, -0.1) is 0 Å². The van der Waals surface area contributed by atoms with Crippen molar-refractivity contribution in [1.82, 2.24) is 15.1 Å². The standard InChI is InChI=1S/C14H23N3O2/c1-9(2)17(8-10(3)18)14(19)13-11-6-4-5-7-12(11)15-16-13/h9-10,18H,4-8H2,1-3H3,(H,15,16). The average molecular weight is 265 g/mol. The Morgan fingerprint density at radius 3 is 2.68 bits per heavy atom. The largest absolute Gasteiger partial charge is 0.392 e. The molecule has 2 rings (SSSR count). The molecule has 5 heteroatoms. The number of aromatic nitrogens is 2. The van der Waals surface area contributed by atoms with Gasteiger partial charge in [-0.05, 0) is 46.5 Å². The van der Waals surface area contributed by atoms with E-state index in [1.54, 1.807) is 11.8 Å². The van der Waals surface area contributed by atoms with Crippen molar-refractivity contribution in [3.63, 3.8) is 0 Å². The maximum atomic E-state index is 12.6. The van der Waals surface area contributed by atoms with E-state index in [-0.39, 0.29) is 11.9 Å². The Morgan fingerprint density at radius 1 is 1.37 bits per heavy atom. The Morgan fingerprint density at radius 2 is 2.05 bits per heavy atom. The van der Waals surface area contributed by atoms with Crippen molar-refractivity contribution in [1.29, 1.82) is 0 Å². The molecular weight excluding hydrogens is 242 g/mol. The number of carbonyl (C=O) groups excluding carboxylic acids is 1. The van der Waals surface area contributed by atoms with E-state index < -0.39 is 6.10 Å². The molecule has 0 fully saturated rings. The summed E-state index contributed by atoms with van der Waals surface area (Å²) in [7, 11) is 0. The molecule has 1 amide bonds. The molecular formula is C14H23N3O2. The minimum absolute atomic E-state index is 0.0537. The summed E-state index contributed by atoms with van der Waals surface area (Å²) in [5, 5.41) is 16.7. The van der Waals surface area contributed by atoms with Gasteiger partial charge < -0.3 is 10.0 Å². The van der Waals surface area contributed by atoms with E-state index in [0.29, 0.717) is 12.2 Å². The summed E-state index contributed by atoms with van der Waals surface area (Å²) in [5.41, 5.74) is 2.73. The van der Waals surface area contributed by atoms with E-state index in [1.807, 2.05) is 13.8 Å². The number of aryl methyl sites for hydroxylation is 1. The first kappa shape index (κ1) is 14.1. The Balaban J connectivity index is 2.24. The molecule has 0 aliphatic heterocycles. The maximum Gasteiger partial charge on any atom is 0.274 e. The second-order valence-electron chi connectivity index (χ2n) is 5.64. The normalized spacial score (nSPS) is 16.3. The van der Waals surface area contributed by atoms with Crippen molar-refractivity contribution < 1.29 is 9.90 Å². The Kier molecular flexibility index (Phi) is 4.24. The number of rotatable bonds is 4. The molecule has 1 heterocycles. The number of aromatic amines is 1. The van der Waals surface area contributed by atoms with Gasteiger partial charge in [0.05, 0.1) is 6.10 Å². The van der Waals surface area contributed by atoms with Crippen LogP contribution < -0.4 is 0 Å². The Hall–Kier alpha value is -1.36. The Bertz CT molecular complexity index is 452. The minimum Gasteiger partial charge on any atom is -0.392 e. The van der Waals surface area contributed by atoms with Gasteiger partial charge in [0.15, 0.2) is 5.69 Å². The molecule has 1 atom stereocenters. The van der Waals surface area contributed by atoms with Gasteiger partial charge in [0.1, 0.15) is 0 Å². The summed E-state index contributed by atoms with van der Waals surface area (Å²) in [5.74, 6) is -0.0738. The van der Waals surface area contributed by atoms with Gasteiger partial charge >= 0.3 is 0 Å². The molecule has 1 aromatic rings. The molecule has 0 saturated carbocycles. The van der Waals surface area contributed by atoms with Crippen LogP contribution in [0.15, 0.2) is 0 Å². The zero-order valence-corrected chi connectivity index (χ0v) is 11.9. The van der Waals surface area contributed by atoms with Crippen LogP contribution in [0.3, 0.4) is 0 Å². The van der Waals surface area contributed by atoms with Crippen LogP contribution >= 0.6 is 0 Å². The highest BCUT2D eigenvalue weighted by Crippen LogP contribution is 2.23. The highest BCUT2D eigenvalue weighted by atomic mass is 16.3. The fraction of sp³-hybridized carbons (Fsp3) is 0.714. The topological polar surface area (TPSA) is 69.2 Å². The molecule has 0 saturated heterocycles. The molecule has 1 aromatic heterocycles. The zero-order chi connectivity index (χ0) is 14.0. The van der Waals surface area contributed by atoms with Gasteiger partial charge in [-0.25, -0.2) is 0 Å². The quantitative estimate of drug-likeness (QED) is 0.867. The number of H-pyrrole nitrogens is 1. The van der Waals surface area contributed by atoms with Crippen LogP contribution in [0.4, 0.5) is 0 Å².